The molecule has 0 spiro atoms. The third-order valence-electron chi connectivity index (χ3n) is 4.61. The third kappa shape index (κ3) is 3.87. The Balaban J connectivity index is 2.11. The van der Waals surface area contributed by atoms with Crippen LogP contribution in [0.15, 0.2) is 30.6 Å². The number of rotatable bonds is 4. The number of fused-ring (bicyclic) bond motifs is 1. The van der Waals surface area contributed by atoms with Crippen LogP contribution in [-0.4, -0.2) is 50.3 Å². The molecule has 3 rings (SSSR count). The Hall–Kier alpha value is -3.17. The third-order valence-corrected chi connectivity index (χ3v) is 4.61. The van der Waals surface area contributed by atoms with Crippen molar-refractivity contribution in [2.75, 3.05) is 19.3 Å². The molecule has 1 aromatic carbocycles. The first-order valence-corrected chi connectivity index (χ1v) is 8.81. The van der Waals surface area contributed by atoms with E-state index in [9.17, 15) is 18.0 Å². The van der Waals surface area contributed by atoms with Crippen LogP contribution in [0.1, 0.15) is 19.4 Å². The molecule has 0 atom stereocenters. The summed E-state index contributed by atoms with van der Waals surface area (Å²) in [6.45, 7) is 5.07. The Morgan fingerprint density at radius 3 is 2.38 bits per heavy atom. The minimum Gasteiger partial charge on any atom is -0.383 e. The highest BCUT2D eigenvalue weighted by Gasteiger charge is 2.43. The fourth-order valence-corrected chi connectivity index (χ4v) is 3.25. The lowest BCUT2D eigenvalue weighted by Gasteiger charge is -2.31. The van der Waals surface area contributed by atoms with E-state index < -0.39 is 17.6 Å². The Kier molecular flexibility index (Phi) is 4.97. The smallest absolute Gasteiger partial charge is 0.383 e. The summed E-state index contributed by atoms with van der Waals surface area (Å²) >= 11 is 0. The predicted molar refractivity (Wildman–Crippen MR) is 103 cm³/mol. The van der Waals surface area contributed by atoms with E-state index in [0.29, 0.717) is 21.6 Å². The van der Waals surface area contributed by atoms with E-state index in [-0.39, 0.29) is 12.4 Å². The molecule has 0 fully saturated rings. The Morgan fingerprint density at radius 2 is 1.79 bits per heavy atom. The monoisotopic (exact) mass is 406 g/mol. The summed E-state index contributed by atoms with van der Waals surface area (Å²) in [5.41, 5.74) is 7.81. The zero-order chi connectivity index (χ0) is 21.6. The number of likely N-dealkylation sites (N-methyl/N-ethyl adjacent to an activating group) is 1. The lowest BCUT2D eigenvalue weighted by molar-refractivity contribution is -0.185. The van der Waals surface area contributed by atoms with Gasteiger partial charge in [0, 0.05) is 19.2 Å². The number of aryl methyl sites for hydroxylation is 1. The molecular formula is C19H21F3N6O. The second-order valence-electron chi connectivity index (χ2n) is 7.56. The van der Waals surface area contributed by atoms with Crippen LogP contribution in [0.4, 0.5) is 19.0 Å². The molecule has 0 aliphatic carbocycles. The van der Waals surface area contributed by atoms with Crippen LogP contribution in [0, 0.1) is 6.92 Å². The first-order chi connectivity index (χ1) is 13.4. The molecule has 0 aliphatic rings. The average Bonchev–Trinajstić information content (AvgIpc) is 3.02. The van der Waals surface area contributed by atoms with Gasteiger partial charge in [-0.15, -0.1) is 0 Å². The zero-order valence-electron chi connectivity index (χ0n) is 16.4. The van der Waals surface area contributed by atoms with E-state index in [1.807, 2.05) is 31.2 Å². The number of carbonyl (C=O) groups is 1. The molecule has 2 N–H and O–H groups in total. The van der Waals surface area contributed by atoms with E-state index in [0.717, 1.165) is 18.2 Å². The van der Waals surface area contributed by atoms with Gasteiger partial charge in [-0.1, -0.05) is 29.8 Å². The van der Waals surface area contributed by atoms with Gasteiger partial charge in [0.2, 0.25) is 0 Å². The van der Waals surface area contributed by atoms with Gasteiger partial charge in [-0.05, 0) is 20.8 Å². The largest absolute Gasteiger partial charge is 0.471 e. The maximum atomic E-state index is 12.8. The number of amides is 1. The minimum absolute atomic E-state index is 0.215. The molecule has 0 unspecified atom stereocenters. The van der Waals surface area contributed by atoms with Crippen molar-refractivity contribution in [3.8, 4) is 11.3 Å². The van der Waals surface area contributed by atoms with E-state index in [1.165, 1.54) is 11.0 Å². The van der Waals surface area contributed by atoms with Gasteiger partial charge in [0.15, 0.2) is 5.65 Å². The molecule has 7 nitrogen and oxygen atoms in total. The van der Waals surface area contributed by atoms with Crippen LogP contribution < -0.4 is 5.73 Å². The SMILES string of the molecule is Cc1ccc(-c2nn(C(C)(C)CN(C)C(=O)C(F)(F)F)c3ncnc(N)c23)cc1. The number of aromatic nitrogens is 4. The lowest BCUT2D eigenvalue weighted by Crippen LogP contribution is -2.47. The van der Waals surface area contributed by atoms with Crippen molar-refractivity contribution < 1.29 is 18.0 Å². The van der Waals surface area contributed by atoms with Crippen LogP contribution in [-0.2, 0) is 10.3 Å². The minimum atomic E-state index is -4.95. The molecule has 0 radical (unpaired) electrons. The topological polar surface area (TPSA) is 89.9 Å². The lowest BCUT2D eigenvalue weighted by atomic mass is 10.1. The van der Waals surface area contributed by atoms with E-state index in [4.69, 9.17) is 5.73 Å². The summed E-state index contributed by atoms with van der Waals surface area (Å²) in [5.74, 6) is -1.71. The molecule has 0 aliphatic heterocycles. The molecule has 0 bridgehead atoms. The van der Waals surface area contributed by atoms with Crippen LogP contribution in [0.5, 0.6) is 0 Å². The number of carbonyl (C=O) groups excluding carboxylic acids is 1. The van der Waals surface area contributed by atoms with Crippen molar-refractivity contribution in [2.45, 2.75) is 32.5 Å². The number of nitrogen functional groups attached to an aromatic ring is 1. The summed E-state index contributed by atoms with van der Waals surface area (Å²) in [5, 5.41) is 5.12. The predicted octanol–water partition coefficient (Wildman–Crippen LogP) is 3.14. The van der Waals surface area contributed by atoms with Gasteiger partial charge < -0.3 is 10.6 Å². The summed E-state index contributed by atoms with van der Waals surface area (Å²) in [4.78, 5) is 20.5. The number of hydrogen-bond acceptors (Lipinski definition) is 5. The molecular weight excluding hydrogens is 385 g/mol. The van der Waals surface area contributed by atoms with E-state index >= 15 is 0 Å². The Morgan fingerprint density at radius 1 is 1.17 bits per heavy atom. The van der Waals surface area contributed by atoms with Gasteiger partial charge in [-0.25, -0.2) is 14.6 Å². The number of alkyl halides is 3. The highest BCUT2D eigenvalue weighted by molar-refractivity contribution is 5.98. The van der Waals surface area contributed by atoms with Crippen LogP contribution >= 0.6 is 0 Å². The quantitative estimate of drug-likeness (QED) is 0.719. The van der Waals surface area contributed by atoms with Crippen molar-refractivity contribution in [2.24, 2.45) is 0 Å². The second-order valence-corrected chi connectivity index (χ2v) is 7.56. The number of anilines is 1. The standard InChI is InChI=1S/C19H21F3N6O/c1-11-5-7-12(8-6-11)14-13-15(23)24-10-25-16(13)28(26-14)18(2,3)9-27(4)17(29)19(20,21)22/h5-8,10H,9H2,1-4H3,(H2,23,24,25). The van der Waals surface area contributed by atoms with Crippen molar-refractivity contribution in [3.05, 3.63) is 36.2 Å². The van der Waals surface area contributed by atoms with Crippen LogP contribution in [0.3, 0.4) is 0 Å². The number of benzene rings is 1. The fourth-order valence-electron chi connectivity index (χ4n) is 3.25. The van der Waals surface area contributed by atoms with Crippen molar-refractivity contribution in [1.82, 2.24) is 24.6 Å². The van der Waals surface area contributed by atoms with Gasteiger partial charge in [-0.2, -0.15) is 18.3 Å². The first kappa shape index (κ1) is 20.6. The maximum absolute atomic E-state index is 12.8. The zero-order valence-corrected chi connectivity index (χ0v) is 16.4. The highest BCUT2D eigenvalue weighted by atomic mass is 19.4. The second kappa shape index (κ2) is 7.02. The van der Waals surface area contributed by atoms with Gasteiger partial charge >= 0.3 is 12.1 Å². The molecule has 0 saturated heterocycles. The van der Waals surface area contributed by atoms with Gasteiger partial charge in [0.1, 0.15) is 17.8 Å². The molecule has 3 aromatic rings. The normalized spacial score (nSPS) is 12.4. The van der Waals surface area contributed by atoms with Crippen LogP contribution in [0.2, 0.25) is 0 Å². The fraction of sp³-hybridized carbons (Fsp3) is 0.368. The average molecular weight is 406 g/mol. The first-order valence-electron chi connectivity index (χ1n) is 8.81. The van der Waals surface area contributed by atoms with Gasteiger partial charge in [0.05, 0.1) is 10.9 Å². The Bertz CT molecular complexity index is 1060. The number of halogens is 3. The molecule has 154 valence electrons. The van der Waals surface area contributed by atoms with Crippen molar-refractivity contribution in [3.63, 3.8) is 0 Å². The number of nitrogens with zero attached hydrogens (tertiary/aromatic N) is 5. The number of hydrogen-bond donors (Lipinski definition) is 1. The Labute approximate surface area is 165 Å². The number of nitrogens with two attached hydrogens (primary N) is 1. The molecule has 0 saturated carbocycles. The molecule has 1 amide bonds. The van der Waals surface area contributed by atoms with Gasteiger partial charge in [-0.3, -0.25) is 4.79 Å². The van der Waals surface area contributed by atoms with Crippen molar-refractivity contribution >= 4 is 22.8 Å². The van der Waals surface area contributed by atoms with Crippen LogP contribution in [0.25, 0.3) is 22.3 Å². The summed E-state index contributed by atoms with van der Waals surface area (Å²) in [6.07, 6.45) is -3.67. The summed E-state index contributed by atoms with van der Waals surface area (Å²) in [6, 6.07) is 7.59. The summed E-state index contributed by atoms with van der Waals surface area (Å²) < 4.78 is 39.9. The van der Waals surface area contributed by atoms with E-state index in [1.54, 1.807) is 13.8 Å². The highest BCUT2D eigenvalue weighted by Crippen LogP contribution is 2.33. The van der Waals surface area contributed by atoms with Crippen molar-refractivity contribution in [1.29, 1.82) is 0 Å². The molecule has 2 heterocycles. The molecule has 29 heavy (non-hydrogen) atoms. The summed E-state index contributed by atoms with van der Waals surface area (Å²) in [7, 11) is 1.10. The molecule has 10 heteroatoms. The van der Waals surface area contributed by atoms with Gasteiger partial charge in [0.25, 0.3) is 0 Å². The molecule has 2 aromatic heterocycles. The van der Waals surface area contributed by atoms with E-state index in [2.05, 4.69) is 15.1 Å². The maximum Gasteiger partial charge on any atom is 0.471 e.